The summed E-state index contributed by atoms with van der Waals surface area (Å²) in [5.41, 5.74) is 0. The second kappa shape index (κ2) is 24.8. The van der Waals surface area contributed by atoms with E-state index in [1.165, 1.54) is 89.9 Å². The van der Waals surface area contributed by atoms with Gasteiger partial charge >= 0.3 is 5.97 Å². The summed E-state index contributed by atoms with van der Waals surface area (Å²) < 4.78 is 0. The monoisotopic (exact) mass is 390 g/mol. The highest BCUT2D eigenvalue weighted by Crippen LogP contribution is 2.14. The van der Waals surface area contributed by atoms with E-state index in [0.29, 0.717) is 6.42 Å². The lowest BCUT2D eigenvalue weighted by Gasteiger charge is -2.04. The van der Waals surface area contributed by atoms with Gasteiger partial charge in [-0.2, -0.15) is 0 Å². The van der Waals surface area contributed by atoms with E-state index < -0.39 is 5.97 Å². The van der Waals surface area contributed by atoms with Gasteiger partial charge in [-0.15, -0.1) is 11.6 Å². The van der Waals surface area contributed by atoms with Gasteiger partial charge in [0.25, 0.3) is 0 Å². The molecule has 0 aliphatic heterocycles. The van der Waals surface area contributed by atoms with E-state index in [4.69, 9.17) is 16.7 Å². The average molecular weight is 391 g/mol. The van der Waals surface area contributed by atoms with Crippen molar-refractivity contribution in [1.29, 1.82) is 0 Å². The van der Waals surface area contributed by atoms with Gasteiger partial charge in [-0.3, -0.25) is 4.79 Å². The van der Waals surface area contributed by atoms with Gasteiger partial charge in [-0.1, -0.05) is 111 Å². The van der Waals surface area contributed by atoms with Gasteiger partial charge in [0.05, 0.1) is 0 Å². The maximum atomic E-state index is 10.3. The molecule has 2 nitrogen and oxygen atoms in total. The summed E-state index contributed by atoms with van der Waals surface area (Å²) in [6, 6.07) is 0. The van der Waals surface area contributed by atoms with E-state index in [0.717, 1.165) is 24.6 Å². The fraction of sp³-hybridized carbons (Fsp3) is 0.957. The summed E-state index contributed by atoms with van der Waals surface area (Å²) in [6.07, 6.45) is 21.1. The fourth-order valence-corrected chi connectivity index (χ4v) is 3.13. The van der Waals surface area contributed by atoms with Crippen LogP contribution >= 0.6 is 11.6 Å². The molecular formula is C23H47ClO2. The lowest BCUT2D eigenvalue weighted by Crippen LogP contribution is -1.93. The second-order valence-corrected chi connectivity index (χ2v) is 8.34. The Morgan fingerprint density at radius 2 is 1.15 bits per heavy atom. The highest BCUT2D eigenvalue weighted by Gasteiger charge is 1.97. The zero-order valence-corrected chi connectivity index (χ0v) is 18.8. The molecular weight excluding hydrogens is 344 g/mol. The van der Waals surface area contributed by atoms with E-state index in [1.54, 1.807) is 0 Å². The third-order valence-corrected chi connectivity index (χ3v) is 4.93. The third kappa shape index (κ3) is 31.5. The molecule has 0 amide bonds. The van der Waals surface area contributed by atoms with Crippen LogP contribution in [0.25, 0.3) is 0 Å². The average Bonchev–Trinajstić information content (AvgIpc) is 2.60. The summed E-state index contributed by atoms with van der Waals surface area (Å²) in [5.74, 6) is 1.04. The van der Waals surface area contributed by atoms with Gasteiger partial charge in [0.2, 0.25) is 0 Å². The molecule has 0 aliphatic rings. The number of aliphatic carboxylic acids is 1. The fourth-order valence-electron chi connectivity index (χ4n) is 2.94. The molecule has 0 aromatic carbocycles. The zero-order valence-electron chi connectivity index (χ0n) is 18.0. The summed E-state index contributed by atoms with van der Waals surface area (Å²) in [7, 11) is 0. The Kier molecular flexibility index (Phi) is 26.6. The molecule has 1 N–H and O–H groups in total. The number of alkyl halides is 1. The van der Waals surface area contributed by atoms with Crippen LogP contribution in [0.4, 0.5) is 0 Å². The van der Waals surface area contributed by atoms with Crippen molar-refractivity contribution < 1.29 is 9.90 Å². The summed E-state index contributed by atoms with van der Waals surface area (Å²) in [5, 5.41) is 8.52. The zero-order chi connectivity index (χ0) is 19.9. The first-order valence-electron chi connectivity index (χ1n) is 11.3. The Bertz CT molecular complexity index is 263. The van der Waals surface area contributed by atoms with Crippen LogP contribution in [0, 0.1) is 5.92 Å². The number of unbranched alkanes of at least 4 members (excludes halogenated alkanes) is 13. The number of carbonyl (C=O) groups is 1. The summed E-state index contributed by atoms with van der Waals surface area (Å²) in [4.78, 5) is 10.3. The van der Waals surface area contributed by atoms with Gasteiger partial charge < -0.3 is 5.11 Å². The van der Waals surface area contributed by atoms with Gasteiger partial charge in [0.15, 0.2) is 0 Å². The van der Waals surface area contributed by atoms with Crippen molar-refractivity contribution in [2.45, 2.75) is 130 Å². The van der Waals surface area contributed by atoms with Crippen molar-refractivity contribution in [2.24, 2.45) is 5.92 Å². The van der Waals surface area contributed by atoms with Gasteiger partial charge in [-0.25, -0.2) is 0 Å². The molecule has 0 rings (SSSR count). The van der Waals surface area contributed by atoms with Crippen LogP contribution in [-0.4, -0.2) is 17.0 Å². The van der Waals surface area contributed by atoms with Crippen LogP contribution < -0.4 is 0 Å². The molecule has 0 radical (unpaired) electrons. The van der Waals surface area contributed by atoms with Gasteiger partial charge in [0, 0.05) is 12.3 Å². The molecule has 0 spiro atoms. The van der Waals surface area contributed by atoms with Crippen molar-refractivity contribution >= 4 is 17.6 Å². The maximum absolute atomic E-state index is 10.3. The van der Waals surface area contributed by atoms with Crippen LogP contribution in [0.5, 0.6) is 0 Å². The maximum Gasteiger partial charge on any atom is 0.303 e. The number of carboxylic acids is 1. The van der Waals surface area contributed by atoms with Gasteiger partial charge in [-0.05, 0) is 18.8 Å². The van der Waals surface area contributed by atoms with E-state index >= 15 is 0 Å². The van der Waals surface area contributed by atoms with Crippen LogP contribution in [-0.2, 0) is 4.79 Å². The highest BCUT2D eigenvalue weighted by atomic mass is 35.5. The van der Waals surface area contributed by atoms with E-state index in [-0.39, 0.29) is 0 Å². The number of halogens is 1. The summed E-state index contributed by atoms with van der Waals surface area (Å²) in [6.45, 7) is 6.79. The first-order chi connectivity index (χ1) is 12.5. The minimum atomic E-state index is -0.654. The van der Waals surface area contributed by atoms with Crippen molar-refractivity contribution in [3.05, 3.63) is 0 Å². The lowest BCUT2D eigenvalue weighted by atomic mass is 10.0. The molecule has 0 saturated heterocycles. The predicted molar refractivity (Wildman–Crippen MR) is 117 cm³/mol. The van der Waals surface area contributed by atoms with E-state index in [9.17, 15) is 4.79 Å². The smallest absolute Gasteiger partial charge is 0.303 e. The summed E-state index contributed by atoms with van der Waals surface area (Å²) >= 11 is 5.38. The van der Waals surface area contributed by atoms with Crippen molar-refractivity contribution in [2.75, 3.05) is 5.88 Å². The molecule has 0 atom stereocenters. The third-order valence-electron chi connectivity index (χ3n) is 4.66. The van der Waals surface area contributed by atoms with Gasteiger partial charge in [0.1, 0.15) is 0 Å². The number of carboxylic acid groups (broad SMARTS) is 1. The van der Waals surface area contributed by atoms with Crippen LogP contribution in [0.15, 0.2) is 0 Å². The first kappa shape index (κ1) is 28.0. The van der Waals surface area contributed by atoms with Crippen molar-refractivity contribution in [1.82, 2.24) is 0 Å². The Morgan fingerprint density at radius 1 is 0.731 bits per heavy atom. The number of hydrogen-bond donors (Lipinski definition) is 1. The Balaban J connectivity index is 0. The quantitative estimate of drug-likeness (QED) is 0.188. The largest absolute Gasteiger partial charge is 0.481 e. The molecule has 158 valence electrons. The second-order valence-electron chi connectivity index (χ2n) is 7.96. The topological polar surface area (TPSA) is 37.3 Å². The Hall–Kier alpha value is -0.240. The van der Waals surface area contributed by atoms with E-state index in [2.05, 4.69) is 20.8 Å². The normalized spacial score (nSPS) is 10.7. The first-order valence-corrected chi connectivity index (χ1v) is 11.9. The molecule has 26 heavy (non-hydrogen) atoms. The Labute approximate surface area is 169 Å². The lowest BCUT2D eigenvalue weighted by molar-refractivity contribution is -0.137. The van der Waals surface area contributed by atoms with Crippen LogP contribution in [0.1, 0.15) is 130 Å². The van der Waals surface area contributed by atoms with Crippen molar-refractivity contribution in [3.63, 3.8) is 0 Å². The molecule has 0 heterocycles. The predicted octanol–water partition coefficient (Wildman–Crippen LogP) is 8.60. The molecule has 0 aliphatic carbocycles. The molecule has 0 fully saturated rings. The van der Waals surface area contributed by atoms with E-state index in [1.807, 2.05) is 0 Å². The van der Waals surface area contributed by atoms with Crippen LogP contribution in [0.3, 0.4) is 0 Å². The molecule has 3 heteroatoms. The molecule has 0 aromatic heterocycles. The number of rotatable bonds is 18. The number of hydrogen-bond acceptors (Lipinski definition) is 1. The molecule has 0 saturated carbocycles. The Morgan fingerprint density at radius 3 is 1.46 bits per heavy atom. The highest BCUT2D eigenvalue weighted by molar-refractivity contribution is 6.17. The van der Waals surface area contributed by atoms with Crippen molar-refractivity contribution in [3.8, 4) is 0 Å². The minimum Gasteiger partial charge on any atom is -0.481 e. The minimum absolute atomic E-state index is 0.344. The molecule has 0 aromatic rings. The SMILES string of the molecule is CC(C)CCCCCCCCCCCCCCC(=O)O.CCCCCCl. The molecule has 0 bridgehead atoms. The van der Waals surface area contributed by atoms with Crippen LogP contribution in [0.2, 0.25) is 0 Å². The molecule has 0 unspecified atom stereocenters. The standard InChI is InChI=1S/C18H36O2.C5H11Cl/c1-17(2)15-13-11-9-7-5-3-4-6-8-10-12-14-16-18(19)20;1-2-3-4-5-6/h17H,3-16H2,1-2H3,(H,19,20);2-5H2,1H3.